The summed E-state index contributed by atoms with van der Waals surface area (Å²) in [6.45, 7) is 12.0. The second-order valence-corrected chi connectivity index (χ2v) is 7.94. The van der Waals surface area contributed by atoms with Crippen LogP contribution in [0.25, 0.3) is 0 Å². The highest BCUT2D eigenvalue weighted by molar-refractivity contribution is 7.16. The lowest BCUT2D eigenvalue weighted by Gasteiger charge is -2.26. The van der Waals surface area contributed by atoms with Gasteiger partial charge in [0.05, 0.1) is 4.34 Å². The van der Waals surface area contributed by atoms with Crippen molar-refractivity contribution in [3.05, 3.63) is 21.3 Å². The van der Waals surface area contributed by atoms with E-state index >= 15 is 0 Å². The summed E-state index contributed by atoms with van der Waals surface area (Å²) in [6.07, 6.45) is 0. The second kappa shape index (κ2) is 6.90. The summed E-state index contributed by atoms with van der Waals surface area (Å²) in [5.74, 6) is 0.643. The quantitative estimate of drug-likeness (QED) is 0.855. The van der Waals surface area contributed by atoms with Gasteiger partial charge in [-0.1, -0.05) is 18.5 Å². The van der Waals surface area contributed by atoms with Crippen LogP contribution in [-0.4, -0.2) is 30.6 Å². The third kappa shape index (κ3) is 6.74. The standard InChI is InChI=1S/C14H25ClN2S/c1-11(8-16-14(2,3)4)9-17(5)10-12-6-7-13(15)18-12/h6-7,11,16H,8-10H2,1-5H3. The van der Waals surface area contributed by atoms with Gasteiger partial charge >= 0.3 is 0 Å². The Labute approximate surface area is 120 Å². The molecule has 1 unspecified atom stereocenters. The molecule has 1 rings (SSSR count). The zero-order valence-electron chi connectivity index (χ0n) is 12.1. The van der Waals surface area contributed by atoms with Crippen molar-refractivity contribution >= 4 is 22.9 Å². The monoisotopic (exact) mass is 288 g/mol. The van der Waals surface area contributed by atoms with Gasteiger partial charge in [0.1, 0.15) is 0 Å². The zero-order valence-corrected chi connectivity index (χ0v) is 13.7. The second-order valence-electron chi connectivity index (χ2n) is 6.14. The molecule has 0 fully saturated rings. The molecular formula is C14H25ClN2S. The van der Waals surface area contributed by atoms with Crippen LogP contribution in [0, 0.1) is 5.92 Å². The molecular weight excluding hydrogens is 264 g/mol. The molecule has 1 atom stereocenters. The molecule has 1 heterocycles. The first kappa shape index (κ1) is 16.0. The number of nitrogens with zero attached hydrogens (tertiary/aromatic N) is 1. The molecule has 0 aliphatic heterocycles. The van der Waals surface area contributed by atoms with Crippen LogP contribution in [0.1, 0.15) is 32.6 Å². The SMILES string of the molecule is CC(CNC(C)(C)C)CN(C)Cc1ccc(Cl)s1. The molecule has 18 heavy (non-hydrogen) atoms. The van der Waals surface area contributed by atoms with E-state index in [1.165, 1.54) is 4.88 Å². The van der Waals surface area contributed by atoms with E-state index in [4.69, 9.17) is 11.6 Å². The van der Waals surface area contributed by atoms with Gasteiger partial charge in [-0.05, 0) is 52.4 Å². The topological polar surface area (TPSA) is 15.3 Å². The van der Waals surface area contributed by atoms with E-state index < -0.39 is 0 Å². The Kier molecular flexibility index (Phi) is 6.12. The van der Waals surface area contributed by atoms with E-state index in [-0.39, 0.29) is 5.54 Å². The third-order valence-electron chi connectivity index (χ3n) is 2.66. The summed E-state index contributed by atoms with van der Waals surface area (Å²) in [4.78, 5) is 3.69. The maximum atomic E-state index is 5.94. The summed E-state index contributed by atoms with van der Waals surface area (Å²) < 4.78 is 0.876. The lowest BCUT2D eigenvalue weighted by atomic mass is 10.1. The molecule has 1 N–H and O–H groups in total. The molecule has 1 aromatic rings. The largest absolute Gasteiger partial charge is 0.312 e. The fourth-order valence-electron chi connectivity index (χ4n) is 1.84. The van der Waals surface area contributed by atoms with Gasteiger partial charge in [-0.3, -0.25) is 0 Å². The van der Waals surface area contributed by atoms with Crippen molar-refractivity contribution in [1.82, 2.24) is 10.2 Å². The van der Waals surface area contributed by atoms with Crippen LogP contribution in [0.4, 0.5) is 0 Å². The molecule has 0 radical (unpaired) electrons. The van der Waals surface area contributed by atoms with E-state index in [0.717, 1.165) is 24.0 Å². The van der Waals surface area contributed by atoms with Gasteiger partial charge in [-0.15, -0.1) is 11.3 Å². The zero-order chi connectivity index (χ0) is 13.8. The average Bonchev–Trinajstić information content (AvgIpc) is 2.59. The van der Waals surface area contributed by atoms with Crippen LogP contribution in [0.5, 0.6) is 0 Å². The normalized spacial score (nSPS) is 14.2. The molecule has 0 saturated heterocycles. The van der Waals surface area contributed by atoms with Crippen LogP contribution in [0.3, 0.4) is 0 Å². The van der Waals surface area contributed by atoms with Crippen molar-refractivity contribution in [3.8, 4) is 0 Å². The molecule has 0 amide bonds. The Balaban J connectivity index is 2.29. The van der Waals surface area contributed by atoms with E-state index in [9.17, 15) is 0 Å². The first-order valence-electron chi connectivity index (χ1n) is 6.44. The molecule has 0 aliphatic rings. The Hall–Kier alpha value is -0.0900. The minimum atomic E-state index is 0.202. The van der Waals surface area contributed by atoms with E-state index in [0.29, 0.717) is 5.92 Å². The van der Waals surface area contributed by atoms with Crippen molar-refractivity contribution in [3.63, 3.8) is 0 Å². The minimum Gasteiger partial charge on any atom is -0.312 e. The first-order valence-corrected chi connectivity index (χ1v) is 7.63. The number of thiophene rings is 1. The molecule has 0 saturated carbocycles. The predicted molar refractivity (Wildman–Crippen MR) is 82.6 cm³/mol. The summed E-state index contributed by atoms with van der Waals surface area (Å²) in [5, 5.41) is 3.55. The fraction of sp³-hybridized carbons (Fsp3) is 0.714. The molecule has 104 valence electrons. The minimum absolute atomic E-state index is 0.202. The Morgan fingerprint density at radius 2 is 2.06 bits per heavy atom. The number of halogens is 1. The first-order chi connectivity index (χ1) is 8.26. The average molecular weight is 289 g/mol. The van der Waals surface area contributed by atoms with Gasteiger partial charge in [0.2, 0.25) is 0 Å². The van der Waals surface area contributed by atoms with Crippen molar-refractivity contribution in [1.29, 1.82) is 0 Å². The van der Waals surface area contributed by atoms with Crippen molar-refractivity contribution < 1.29 is 0 Å². The molecule has 4 heteroatoms. The van der Waals surface area contributed by atoms with Gasteiger partial charge in [-0.2, -0.15) is 0 Å². The fourth-order valence-corrected chi connectivity index (χ4v) is 3.01. The van der Waals surface area contributed by atoms with E-state index in [1.54, 1.807) is 11.3 Å². The highest BCUT2D eigenvalue weighted by Crippen LogP contribution is 2.22. The highest BCUT2D eigenvalue weighted by Gasteiger charge is 2.13. The van der Waals surface area contributed by atoms with Gasteiger partial charge in [0, 0.05) is 23.5 Å². The van der Waals surface area contributed by atoms with Crippen LogP contribution < -0.4 is 5.32 Å². The van der Waals surface area contributed by atoms with Gasteiger partial charge in [-0.25, -0.2) is 0 Å². The van der Waals surface area contributed by atoms with Crippen LogP contribution in [-0.2, 0) is 6.54 Å². The van der Waals surface area contributed by atoms with Crippen molar-refractivity contribution in [2.75, 3.05) is 20.1 Å². The molecule has 2 nitrogen and oxygen atoms in total. The van der Waals surface area contributed by atoms with Crippen molar-refractivity contribution in [2.24, 2.45) is 5.92 Å². The predicted octanol–water partition coefficient (Wildman–Crippen LogP) is 3.86. The summed E-state index contributed by atoms with van der Waals surface area (Å²) >= 11 is 7.61. The molecule has 1 aromatic heterocycles. The van der Waals surface area contributed by atoms with Crippen LogP contribution in [0.15, 0.2) is 12.1 Å². The molecule has 0 aromatic carbocycles. The molecule has 0 bridgehead atoms. The lowest BCUT2D eigenvalue weighted by Crippen LogP contribution is -2.40. The Morgan fingerprint density at radius 3 is 2.56 bits per heavy atom. The molecule has 0 aliphatic carbocycles. The Bertz CT molecular complexity index is 357. The van der Waals surface area contributed by atoms with E-state index in [1.807, 2.05) is 6.07 Å². The maximum absolute atomic E-state index is 5.94. The third-order valence-corrected chi connectivity index (χ3v) is 3.87. The van der Waals surface area contributed by atoms with E-state index in [2.05, 4.69) is 51.0 Å². The Morgan fingerprint density at radius 1 is 1.39 bits per heavy atom. The summed E-state index contributed by atoms with van der Waals surface area (Å²) in [6, 6.07) is 4.08. The van der Waals surface area contributed by atoms with Gasteiger partial charge in [0.25, 0.3) is 0 Å². The van der Waals surface area contributed by atoms with Gasteiger partial charge < -0.3 is 10.2 Å². The smallest absolute Gasteiger partial charge is 0.0931 e. The number of nitrogens with one attached hydrogen (secondary N) is 1. The maximum Gasteiger partial charge on any atom is 0.0931 e. The number of hydrogen-bond acceptors (Lipinski definition) is 3. The summed E-state index contributed by atoms with van der Waals surface area (Å²) in [5.41, 5.74) is 0.202. The lowest BCUT2D eigenvalue weighted by molar-refractivity contribution is 0.263. The highest BCUT2D eigenvalue weighted by atomic mass is 35.5. The van der Waals surface area contributed by atoms with Crippen LogP contribution in [0.2, 0.25) is 4.34 Å². The molecule has 0 spiro atoms. The van der Waals surface area contributed by atoms with Crippen LogP contribution >= 0.6 is 22.9 Å². The van der Waals surface area contributed by atoms with Crippen molar-refractivity contribution in [2.45, 2.75) is 39.8 Å². The summed E-state index contributed by atoms with van der Waals surface area (Å²) in [7, 11) is 2.17. The number of hydrogen-bond donors (Lipinski definition) is 1. The van der Waals surface area contributed by atoms with Gasteiger partial charge in [0.15, 0.2) is 0 Å². The number of rotatable bonds is 6.